The van der Waals surface area contributed by atoms with Crippen molar-refractivity contribution in [2.75, 3.05) is 6.54 Å². The van der Waals surface area contributed by atoms with Crippen LogP contribution < -0.4 is 11.1 Å². The third-order valence-electron chi connectivity index (χ3n) is 3.45. The molecule has 1 amide bonds. The lowest BCUT2D eigenvalue weighted by atomic mass is 9.88. The minimum absolute atomic E-state index is 0. The summed E-state index contributed by atoms with van der Waals surface area (Å²) in [5, 5.41) is 13.7. The van der Waals surface area contributed by atoms with Crippen LogP contribution in [0.25, 0.3) is 0 Å². The van der Waals surface area contributed by atoms with Gasteiger partial charge in [-0.05, 0) is 18.9 Å². The standard InChI is InChI=1S/C13H18ClN3O3.ClH/c1-8(2)13(3,7-15)16-12(18)9-4-10(14)6-11(5-9)17(19)20;/h4-6,8H,7,15H2,1-3H3,(H,16,18);1H. The van der Waals surface area contributed by atoms with Gasteiger partial charge in [-0.1, -0.05) is 25.4 Å². The van der Waals surface area contributed by atoms with E-state index in [0.717, 1.165) is 0 Å². The Hall–Kier alpha value is -1.37. The van der Waals surface area contributed by atoms with Crippen LogP contribution in [-0.2, 0) is 0 Å². The lowest BCUT2D eigenvalue weighted by Crippen LogP contribution is -2.55. The second kappa shape index (κ2) is 7.59. The van der Waals surface area contributed by atoms with Crippen LogP contribution in [0.2, 0.25) is 5.02 Å². The number of nitrogens with one attached hydrogen (secondary N) is 1. The van der Waals surface area contributed by atoms with Gasteiger partial charge in [0.05, 0.1) is 10.5 Å². The lowest BCUT2D eigenvalue weighted by molar-refractivity contribution is -0.384. The van der Waals surface area contributed by atoms with E-state index in [9.17, 15) is 14.9 Å². The molecule has 0 saturated carbocycles. The van der Waals surface area contributed by atoms with Gasteiger partial charge in [0.15, 0.2) is 0 Å². The average molecular weight is 336 g/mol. The van der Waals surface area contributed by atoms with Crippen molar-refractivity contribution in [2.24, 2.45) is 11.7 Å². The van der Waals surface area contributed by atoms with Gasteiger partial charge in [-0.3, -0.25) is 14.9 Å². The van der Waals surface area contributed by atoms with E-state index in [1.54, 1.807) is 0 Å². The molecule has 0 spiro atoms. The molecule has 118 valence electrons. The van der Waals surface area contributed by atoms with E-state index < -0.39 is 16.4 Å². The molecule has 0 aromatic heterocycles. The Morgan fingerprint density at radius 3 is 2.48 bits per heavy atom. The number of hydrogen-bond acceptors (Lipinski definition) is 4. The van der Waals surface area contributed by atoms with Gasteiger partial charge in [0.1, 0.15) is 0 Å². The van der Waals surface area contributed by atoms with Gasteiger partial charge in [-0.2, -0.15) is 0 Å². The molecule has 0 saturated heterocycles. The fourth-order valence-corrected chi connectivity index (χ4v) is 1.80. The van der Waals surface area contributed by atoms with Crippen LogP contribution in [0, 0.1) is 16.0 Å². The van der Waals surface area contributed by atoms with Crippen molar-refractivity contribution >= 4 is 35.6 Å². The molecule has 1 unspecified atom stereocenters. The van der Waals surface area contributed by atoms with Crippen molar-refractivity contribution in [3.63, 3.8) is 0 Å². The summed E-state index contributed by atoms with van der Waals surface area (Å²) in [6, 6.07) is 3.78. The summed E-state index contributed by atoms with van der Waals surface area (Å²) in [6.45, 7) is 5.97. The van der Waals surface area contributed by atoms with Gasteiger partial charge in [-0.15, -0.1) is 12.4 Å². The molecule has 0 aliphatic carbocycles. The van der Waals surface area contributed by atoms with Gasteiger partial charge >= 0.3 is 0 Å². The van der Waals surface area contributed by atoms with Crippen LogP contribution in [0.1, 0.15) is 31.1 Å². The minimum Gasteiger partial charge on any atom is -0.345 e. The van der Waals surface area contributed by atoms with E-state index in [4.69, 9.17) is 17.3 Å². The lowest BCUT2D eigenvalue weighted by Gasteiger charge is -2.33. The summed E-state index contributed by atoms with van der Waals surface area (Å²) in [4.78, 5) is 22.4. The van der Waals surface area contributed by atoms with E-state index in [1.807, 2.05) is 20.8 Å². The smallest absolute Gasteiger partial charge is 0.271 e. The van der Waals surface area contributed by atoms with Crippen molar-refractivity contribution in [3.05, 3.63) is 38.9 Å². The molecule has 0 aliphatic heterocycles. The molecular weight excluding hydrogens is 317 g/mol. The maximum absolute atomic E-state index is 12.2. The zero-order valence-electron chi connectivity index (χ0n) is 12.1. The Kier molecular flexibility index (Phi) is 7.09. The highest BCUT2D eigenvalue weighted by atomic mass is 35.5. The molecule has 1 atom stereocenters. The first-order chi connectivity index (χ1) is 9.19. The van der Waals surface area contributed by atoms with E-state index in [2.05, 4.69) is 5.32 Å². The van der Waals surface area contributed by atoms with Gasteiger partial charge in [-0.25, -0.2) is 0 Å². The first-order valence-corrected chi connectivity index (χ1v) is 6.55. The Morgan fingerprint density at radius 2 is 2.05 bits per heavy atom. The fraction of sp³-hybridized carbons (Fsp3) is 0.462. The van der Waals surface area contributed by atoms with Crippen LogP contribution in [0.3, 0.4) is 0 Å². The van der Waals surface area contributed by atoms with E-state index >= 15 is 0 Å². The highest BCUT2D eigenvalue weighted by molar-refractivity contribution is 6.31. The first kappa shape index (κ1) is 19.6. The third-order valence-corrected chi connectivity index (χ3v) is 3.67. The van der Waals surface area contributed by atoms with Crippen LogP contribution >= 0.6 is 24.0 Å². The Bertz CT molecular complexity index is 537. The van der Waals surface area contributed by atoms with E-state index in [1.165, 1.54) is 18.2 Å². The third kappa shape index (κ3) is 4.84. The fourth-order valence-electron chi connectivity index (χ4n) is 1.57. The highest BCUT2D eigenvalue weighted by Gasteiger charge is 2.29. The summed E-state index contributed by atoms with van der Waals surface area (Å²) < 4.78 is 0. The predicted molar refractivity (Wildman–Crippen MR) is 85.1 cm³/mol. The minimum atomic E-state index is -0.590. The number of nitrogens with two attached hydrogens (primary N) is 1. The summed E-state index contributed by atoms with van der Waals surface area (Å²) in [5.74, 6) is -0.317. The number of non-ortho nitro benzene ring substituents is 1. The van der Waals surface area contributed by atoms with E-state index in [0.29, 0.717) is 0 Å². The zero-order valence-corrected chi connectivity index (χ0v) is 13.6. The van der Waals surface area contributed by atoms with Crippen molar-refractivity contribution < 1.29 is 9.72 Å². The summed E-state index contributed by atoms with van der Waals surface area (Å²) >= 11 is 5.80. The highest BCUT2D eigenvalue weighted by Crippen LogP contribution is 2.22. The number of carbonyl (C=O) groups is 1. The first-order valence-electron chi connectivity index (χ1n) is 6.17. The number of nitrogens with zero attached hydrogens (tertiary/aromatic N) is 1. The van der Waals surface area contributed by atoms with E-state index in [-0.39, 0.29) is 41.1 Å². The van der Waals surface area contributed by atoms with Crippen molar-refractivity contribution in [1.82, 2.24) is 5.32 Å². The van der Waals surface area contributed by atoms with Crippen LogP contribution in [-0.4, -0.2) is 22.9 Å². The molecule has 6 nitrogen and oxygen atoms in total. The number of nitro benzene ring substituents is 1. The van der Waals surface area contributed by atoms with Crippen LogP contribution in [0.4, 0.5) is 5.69 Å². The molecule has 1 rings (SSSR count). The van der Waals surface area contributed by atoms with Gasteiger partial charge in [0, 0.05) is 29.3 Å². The van der Waals surface area contributed by atoms with Crippen molar-refractivity contribution in [2.45, 2.75) is 26.3 Å². The molecule has 0 bridgehead atoms. The number of benzene rings is 1. The van der Waals surface area contributed by atoms with Crippen LogP contribution in [0.5, 0.6) is 0 Å². The molecule has 8 heteroatoms. The Balaban J connectivity index is 0.00000400. The number of amides is 1. The number of halogens is 2. The number of hydrogen-bond donors (Lipinski definition) is 2. The topological polar surface area (TPSA) is 98.3 Å². The monoisotopic (exact) mass is 335 g/mol. The van der Waals surface area contributed by atoms with Crippen molar-refractivity contribution in [1.29, 1.82) is 0 Å². The Morgan fingerprint density at radius 1 is 1.48 bits per heavy atom. The van der Waals surface area contributed by atoms with Gasteiger partial charge < -0.3 is 11.1 Å². The maximum atomic E-state index is 12.2. The quantitative estimate of drug-likeness (QED) is 0.638. The number of nitro groups is 1. The summed E-state index contributed by atoms with van der Waals surface area (Å²) in [5.41, 5.74) is 5.03. The SMILES string of the molecule is CC(C)C(C)(CN)NC(=O)c1cc(Cl)cc([N+](=O)[O-])c1.Cl. The molecule has 0 heterocycles. The largest absolute Gasteiger partial charge is 0.345 e. The summed E-state index contributed by atoms with van der Waals surface area (Å²) in [7, 11) is 0. The number of rotatable bonds is 5. The second-order valence-electron chi connectivity index (χ2n) is 5.19. The molecule has 0 radical (unpaired) electrons. The van der Waals surface area contributed by atoms with Gasteiger partial charge in [0.25, 0.3) is 11.6 Å². The molecule has 0 fully saturated rings. The average Bonchev–Trinajstić information content (AvgIpc) is 2.37. The molecule has 1 aromatic carbocycles. The predicted octanol–water partition coefficient (Wildman–Crippen LogP) is 2.77. The molecule has 1 aromatic rings. The number of carbonyl (C=O) groups excluding carboxylic acids is 1. The van der Waals surface area contributed by atoms with Crippen molar-refractivity contribution in [3.8, 4) is 0 Å². The molecule has 0 aliphatic rings. The van der Waals surface area contributed by atoms with Gasteiger partial charge in [0.2, 0.25) is 0 Å². The zero-order chi connectivity index (χ0) is 15.5. The van der Waals surface area contributed by atoms with Crippen LogP contribution in [0.15, 0.2) is 18.2 Å². The molecule has 3 N–H and O–H groups in total. The Labute approximate surface area is 134 Å². The molecular formula is C13H19Cl2N3O3. The normalized spacial score (nSPS) is 13.2. The summed E-state index contributed by atoms with van der Waals surface area (Å²) in [6.07, 6.45) is 0. The maximum Gasteiger partial charge on any atom is 0.271 e. The second-order valence-corrected chi connectivity index (χ2v) is 5.62. The molecule has 21 heavy (non-hydrogen) atoms.